The van der Waals surface area contributed by atoms with Gasteiger partial charge in [-0.2, -0.15) is 0 Å². The smallest absolute Gasteiger partial charge is 0.307 e. The highest BCUT2D eigenvalue weighted by Crippen LogP contribution is 2.33. The molecule has 0 fully saturated rings. The maximum Gasteiger partial charge on any atom is 0.307 e. The number of hydrogen-bond acceptors (Lipinski definition) is 5. The number of amides is 1. The molecule has 142 valence electrons. The lowest BCUT2D eigenvalue weighted by molar-refractivity contribution is -0.142. The minimum Gasteiger partial charge on any atom is -0.482 e. The highest BCUT2D eigenvalue weighted by atomic mass is 16.6. The first-order valence-corrected chi connectivity index (χ1v) is 8.84. The molecule has 6 nitrogen and oxygen atoms in total. The molecular weight excluding hydrogens is 346 g/mol. The van der Waals surface area contributed by atoms with E-state index in [4.69, 9.17) is 14.2 Å². The molecule has 0 radical (unpaired) electrons. The molecule has 1 aliphatic rings. The molecule has 0 saturated carbocycles. The van der Waals surface area contributed by atoms with Crippen LogP contribution < -0.4 is 14.8 Å². The molecule has 27 heavy (non-hydrogen) atoms. The second-order valence-electron chi connectivity index (χ2n) is 6.56. The standard InChI is InChI=1S/C21H23NO5/c1-13-8-10-15(11-9-13)16(12-19(23)25-3)22-21(24)20-14(2)26-17-6-4-5-7-18(17)27-20/h4-11,14,16,20H,12H2,1-3H3,(H,22,24). The van der Waals surface area contributed by atoms with Crippen LogP contribution in [0.15, 0.2) is 48.5 Å². The Morgan fingerprint density at radius 3 is 2.33 bits per heavy atom. The number of ether oxygens (including phenoxy) is 3. The van der Waals surface area contributed by atoms with Gasteiger partial charge in [0.05, 0.1) is 19.6 Å². The maximum atomic E-state index is 12.9. The van der Waals surface area contributed by atoms with Gasteiger partial charge in [-0.15, -0.1) is 0 Å². The summed E-state index contributed by atoms with van der Waals surface area (Å²) >= 11 is 0. The summed E-state index contributed by atoms with van der Waals surface area (Å²) in [6.07, 6.45) is -1.24. The second-order valence-corrected chi connectivity index (χ2v) is 6.56. The summed E-state index contributed by atoms with van der Waals surface area (Å²) in [5, 5.41) is 2.90. The van der Waals surface area contributed by atoms with Gasteiger partial charge in [0, 0.05) is 0 Å². The lowest BCUT2D eigenvalue weighted by atomic mass is 10.0. The van der Waals surface area contributed by atoms with Crippen molar-refractivity contribution in [2.75, 3.05) is 7.11 Å². The van der Waals surface area contributed by atoms with Crippen LogP contribution in [-0.2, 0) is 14.3 Å². The molecule has 2 aromatic rings. The van der Waals surface area contributed by atoms with Gasteiger partial charge in [0.25, 0.3) is 5.91 Å². The third-order valence-electron chi connectivity index (χ3n) is 4.50. The zero-order chi connectivity index (χ0) is 19.4. The van der Waals surface area contributed by atoms with E-state index in [1.807, 2.05) is 43.3 Å². The Bertz CT molecular complexity index is 818. The summed E-state index contributed by atoms with van der Waals surface area (Å²) < 4.78 is 16.4. The van der Waals surface area contributed by atoms with E-state index >= 15 is 0 Å². The SMILES string of the molecule is COC(=O)CC(NC(=O)C1Oc2ccccc2OC1C)c1ccc(C)cc1. The topological polar surface area (TPSA) is 73.9 Å². The summed E-state index contributed by atoms with van der Waals surface area (Å²) in [6.45, 7) is 3.76. The fourth-order valence-corrected chi connectivity index (χ4v) is 2.96. The first kappa shape index (κ1) is 18.8. The highest BCUT2D eigenvalue weighted by Gasteiger charge is 2.35. The summed E-state index contributed by atoms with van der Waals surface area (Å²) in [5.74, 6) is 0.390. The van der Waals surface area contributed by atoms with Crippen molar-refractivity contribution in [1.29, 1.82) is 0 Å². The van der Waals surface area contributed by atoms with Crippen LogP contribution in [0, 0.1) is 6.92 Å². The Hall–Kier alpha value is -3.02. The van der Waals surface area contributed by atoms with Crippen LogP contribution in [0.2, 0.25) is 0 Å². The van der Waals surface area contributed by atoms with Crippen molar-refractivity contribution in [3.8, 4) is 11.5 Å². The van der Waals surface area contributed by atoms with Gasteiger partial charge in [0.1, 0.15) is 6.10 Å². The van der Waals surface area contributed by atoms with Gasteiger partial charge in [0.2, 0.25) is 6.10 Å². The van der Waals surface area contributed by atoms with Crippen LogP contribution in [0.4, 0.5) is 0 Å². The maximum absolute atomic E-state index is 12.9. The van der Waals surface area contributed by atoms with Crippen molar-refractivity contribution in [3.05, 3.63) is 59.7 Å². The number of hydrogen-bond donors (Lipinski definition) is 1. The molecule has 0 aromatic heterocycles. The molecular formula is C21H23NO5. The Balaban J connectivity index is 1.77. The summed E-state index contributed by atoms with van der Waals surface area (Å²) in [7, 11) is 1.33. The molecule has 0 bridgehead atoms. The normalized spacial score (nSPS) is 19.1. The van der Waals surface area contributed by atoms with Crippen LogP contribution in [-0.4, -0.2) is 31.2 Å². The van der Waals surface area contributed by atoms with E-state index in [9.17, 15) is 9.59 Å². The van der Waals surface area contributed by atoms with Gasteiger partial charge in [-0.1, -0.05) is 42.0 Å². The number of rotatable bonds is 5. The van der Waals surface area contributed by atoms with E-state index in [0.717, 1.165) is 11.1 Å². The van der Waals surface area contributed by atoms with E-state index < -0.39 is 24.2 Å². The number of nitrogens with one attached hydrogen (secondary N) is 1. The molecule has 1 heterocycles. The minimum atomic E-state index is -0.814. The van der Waals surface area contributed by atoms with Crippen molar-refractivity contribution in [3.63, 3.8) is 0 Å². The summed E-state index contributed by atoms with van der Waals surface area (Å²) in [5.41, 5.74) is 1.92. The zero-order valence-corrected chi connectivity index (χ0v) is 15.6. The predicted molar refractivity (Wildman–Crippen MR) is 99.6 cm³/mol. The Morgan fingerprint density at radius 2 is 1.70 bits per heavy atom. The number of benzene rings is 2. The Kier molecular flexibility index (Phi) is 5.64. The average molecular weight is 369 g/mol. The van der Waals surface area contributed by atoms with Gasteiger partial charge >= 0.3 is 5.97 Å². The van der Waals surface area contributed by atoms with Crippen LogP contribution in [0.3, 0.4) is 0 Å². The number of methoxy groups -OCH3 is 1. The fraction of sp³-hybridized carbons (Fsp3) is 0.333. The number of para-hydroxylation sites is 2. The quantitative estimate of drug-likeness (QED) is 0.821. The summed E-state index contributed by atoms with van der Waals surface area (Å²) in [4.78, 5) is 24.7. The van der Waals surface area contributed by atoms with E-state index in [1.54, 1.807) is 19.1 Å². The fourth-order valence-electron chi connectivity index (χ4n) is 2.96. The van der Waals surface area contributed by atoms with Gasteiger partial charge < -0.3 is 19.5 Å². The number of carbonyl (C=O) groups excluding carboxylic acids is 2. The van der Waals surface area contributed by atoms with Crippen LogP contribution in [0.1, 0.15) is 30.5 Å². The first-order valence-electron chi connectivity index (χ1n) is 8.84. The lowest BCUT2D eigenvalue weighted by Gasteiger charge is -2.32. The van der Waals surface area contributed by atoms with Crippen molar-refractivity contribution < 1.29 is 23.8 Å². The van der Waals surface area contributed by atoms with Crippen molar-refractivity contribution in [1.82, 2.24) is 5.32 Å². The molecule has 0 spiro atoms. The molecule has 1 amide bonds. The average Bonchev–Trinajstić information content (AvgIpc) is 2.67. The minimum absolute atomic E-state index is 0.0316. The predicted octanol–water partition coefficient (Wildman–Crippen LogP) is 2.94. The molecule has 0 saturated heterocycles. The molecule has 3 atom stereocenters. The summed E-state index contributed by atoms with van der Waals surface area (Å²) in [6, 6.07) is 14.4. The number of fused-ring (bicyclic) bond motifs is 1. The van der Waals surface area contributed by atoms with E-state index in [-0.39, 0.29) is 12.3 Å². The number of aryl methyl sites for hydroxylation is 1. The monoisotopic (exact) mass is 369 g/mol. The van der Waals surface area contributed by atoms with Crippen molar-refractivity contribution >= 4 is 11.9 Å². The molecule has 1 N–H and O–H groups in total. The van der Waals surface area contributed by atoms with Gasteiger partial charge in [-0.05, 0) is 31.5 Å². The molecule has 3 unspecified atom stereocenters. The zero-order valence-electron chi connectivity index (χ0n) is 15.6. The number of esters is 1. The Morgan fingerprint density at radius 1 is 1.07 bits per heavy atom. The Labute approximate surface area is 158 Å². The van der Waals surface area contributed by atoms with Crippen LogP contribution >= 0.6 is 0 Å². The van der Waals surface area contributed by atoms with Crippen molar-refractivity contribution in [2.24, 2.45) is 0 Å². The molecule has 1 aliphatic heterocycles. The molecule has 2 aromatic carbocycles. The second kappa shape index (κ2) is 8.12. The number of carbonyl (C=O) groups is 2. The largest absolute Gasteiger partial charge is 0.482 e. The molecule has 3 rings (SSSR count). The molecule has 0 aliphatic carbocycles. The lowest BCUT2D eigenvalue weighted by Crippen LogP contribution is -2.50. The van der Waals surface area contributed by atoms with Gasteiger partial charge in [0.15, 0.2) is 11.5 Å². The van der Waals surface area contributed by atoms with Crippen LogP contribution in [0.5, 0.6) is 11.5 Å². The van der Waals surface area contributed by atoms with Crippen LogP contribution in [0.25, 0.3) is 0 Å². The van der Waals surface area contributed by atoms with Gasteiger partial charge in [-0.3, -0.25) is 9.59 Å². The van der Waals surface area contributed by atoms with E-state index in [0.29, 0.717) is 11.5 Å². The highest BCUT2D eigenvalue weighted by molar-refractivity contribution is 5.83. The van der Waals surface area contributed by atoms with E-state index in [2.05, 4.69) is 5.32 Å². The third-order valence-corrected chi connectivity index (χ3v) is 4.50. The van der Waals surface area contributed by atoms with E-state index in [1.165, 1.54) is 7.11 Å². The van der Waals surface area contributed by atoms with Crippen molar-refractivity contribution in [2.45, 2.75) is 38.5 Å². The molecule has 6 heteroatoms. The van der Waals surface area contributed by atoms with Gasteiger partial charge in [-0.25, -0.2) is 0 Å². The first-order chi connectivity index (χ1) is 13.0. The third kappa shape index (κ3) is 4.39.